The van der Waals surface area contributed by atoms with E-state index in [1.807, 2.05) is 25.1 Å². The van der Waals surface area contributed by atoms with Crippen LogP contribution in [0.5, 0.6) is 0 Å². The highest BCUT2D eigenvalue weighted by atomic mass is 35.5. The maximum atomic E-state index is 13.0. The van der Waals surface area contributed by atoms with E-state index in [1.54, 1.807) is 23.1 Å². The van der Waals surface area contributed by atoms with Gasteiger partial charge in [-0.1, -0.05) is 53.5 Å². The lowest BCUT2D eigenvalue weighted by molar-refractivity contribution is -0.137. The number of hydrogen-bond acceptors (Lipinski definition) is 2. The van der Waals surface area contributed by atoms with E-state index in [1.165, 1.54) is 5.56 Å². The molecule has 3 rings (SSSR count). The minimum atomic E-state index is -0.233. The molecule has 1 heterocycles. The molecule has 0 aliphatic carbocycles. The van der Waals surface area contributed by atoms with Gasteiger partial charge in [0.25, 0.3) is 0 Å². The van der Waals surface area contributed by atoms with Crippen molar-refractivity contribution in [1.82, 2.24) is 4.90 Å². The monoisotopic (exact) mass is 363 g/mol. The summed E-state index contributed by atoms with van der Waals surface area (Å²) in [7, 11) is 0. The fraction of sp³-hybridized carbons (Fsp3) is 0.316. The number of carbonyl (C=O) groups excluding carboxylic acids is 1. The zero-order chi connectivity index (χ0) is 17.3. The van der Waals surface area contributed by atoms with Gasteiger partial charge < -0.3 is 10.0 Å². The van der Waals surface area contributed by atoms with E-state index in [9.17, 15) is 9.90 Å². The van der Waals surface area contributed by atoms with Gasteiger partial charge in [0, 0.05) is 10.0 Å². The molecule has 24 heavy (non-hydrogen) atoms. The second-order valence-corrected chi connectivity index (χ2v) is 6.91. The quantitative estimate of drug-likeness (QED) is 0.893. The number of amides is 1. The summed E-state index contributed by atoms with van der Waals surface area (Å²) in [4.78, 5) is 14.7. The van der Waals surface area contributed by atoms with Crippen LogP contribution in [0.3, 0.4) is 0 Å². The van der Waals surface area contributed by atoms with Crippen LogP contribution in [0, 0.1) is 0 Å². The molecule has 0 radical (unpaired) electrons. The summed E-state index contributed by atoms with van der Waals surface area (Å²) >= 11 is 12.4. The Hall–Kier alpha value is -1.55. The predicted octanol–water partition coefficient (Wildman–Crippen LogP) is 4.04. The van der Waals surface area contributed by atoms with Crippen molar-refractivity contribution in [3.63, 3.8) is 0 Å². The van der Waals surface area contributed by atoms with Crippen molar-refractivity contribution in [2.45, 2.75) is 31.8 Å². The minimum absolute atomic E-state index is 0.0688. The lowest BCUT2D eigenvalue weighted by atomic mass is 9.88. The smallest absolute Gasteiger partial charge is 0.227 e. The first kappa shape index (κ1) is 17.3. The van der Waals surface area contributed by atoms with Crippen LogP contribution in [0.4, 0.5) is 0 Å². The van der Waals surface area contributed by atoms with Gasteiger partial charge in [-0.05, 0) is 42.2 Å². The van der Waals surface area contributed by atoms with E-state index >= 15 is 0 Å². The molecular weight excluding hydrogens is 345 g/mol. The molecule has 0 unspecified atom stereocenters. The summed E-state index contributed by atoms with van der Waals surface area (Å²) in [5, 5.41) is 10.8. The zero-order valence-corrected chi connectivity index (χ0v) is 14.9. The molecule has 1 aliphatic heterocycles. The average Bonchev–Trinajstić information content (AvgIpc) is 2.58. The minimum Gasteiger partial charge on any atom is -0.394 e. The standard InChI is InChI=1S/C19H19Cl2NO2/c1-12-15-6-3-2-5-13(15)9-14(11-23)22(12)19(24)10-16-17(20)7-4-8-18(16)21/h2-8,12,14,23H,9-11H2,1H3/t12-,14+/m0/s1. The summed E-state index contributed by atoms with van der Waals surface area (Å²) in [6.07, 6.45) is 0.778. The predicted molar refractivity (Wildman–Crippen MR) is 96.4 cm³/mol. The molecule has 126 valence electrons. The van der Waals surface area contributed by atoms with Gasteiger partial charge in [-0.3, -0.25) is 4.79 Å². The number of aliphatic hydroxyl groups is 1. The van der Waals surface area contributed by atoms with Crippen molar-refractivity contribution in [3.8, 4) is 0 Å². The number of aliphatic hydroxyl groups excluding tert-OH is 1. The summed E-state index contributed by atoms with van der Waals surface area (Å²) in [6, 6.07) is 12.9. The van der Waals surface area contributed by atoms with Crippen LogP contribution < -0.4 is 0 Å². The average molecular weight is 364 g/mol. The molecule has 0 fully saturated rings. The molecule has 5 heteroatoms. The lowest BCUT2D eigenvalue weighted by Gasteiger charge is -2.41. The van der Waals surface area contributed by atoms with Crippen molar-refractivity contribution >= 4 is 29.1 Å². The highest BCUT2D eigenvalue weighted by Gasteiger charge is 2.34. The van der Waals surface area contributed by atoms with Crippen molar-refractivity contribution < 1.29 is 9.90 Å². The number of rotatable bonds is 3. The Morgan fingerprint density at radius 2 is 1.83 bits per heavy atom. The van der Waals surface area contributed by atoms with E-state index in [0.29, 0.717) is 22.0 Å². The molecule has 0 saturated heterocycles. The van der Waals surface area contributed by atoms with Crippen molar-refractivity contribution in [3.05, 3.63) is 69.2 Å². The van der Waals surface area contributed by atoms with Crippen LogP contribution in [-0.2, 0) is 17.6 Å². The van der Waals surface area contributed by atoms with Gasteiger partial charge in [-0.2, -0.15) is 0 Å². The van der Waals surface area contributed by atoms with Crippen LogP contribution in [0.25, 0.3) is 0 Å². The van der Waals surface area contributed by atoms with Gasteiger partial charge >= 0.3 is 0 Å². The Bertz CT molecular complexity index is 743. The first-order valence-corrected chi connectivity index (χ1v) is 8.71. The Labute approximate surface area is 151 Å². The van der Waals surface area contributed by atoms with Gasteiger partial charge in [0.1, 0.15) is 0 Å². The van der Waals surface area contributed by atoms with Crippen molar-refractivity contribution in [1.29, 1.82) is 0 Å². The number of halogens is 2. The normalized spacial score (nSPS) is 19.9. The molecule has 0 spiro atoms. The molecule has 0 bridgehead atoms. The lowest BCUT2D eigenvalue weighted by Crippen LogP contribution is -2.48. The van der Waals surface area contributed by atoms with Crippen molar-refractivity contribution in [2.24, 2.45) is 0 Å². The Morgan fingerprint density at radius 1 is 1.17 bits per heavy atom. The fourth-order valence-corrected chi connectivity index (χ4v) is 3.99. The van der Waals surface area contributed by atoms with Crippen LogP contribution in [0.15, 0.2) is 42.5 Å². The van der Waals surface area contributed by atoms with E-state index in [0.717, 1.165) is 5.56 Å². The van der Waals surface area contributed by atoms with E-state index in [2.05, 4.69) is 6.07 Å². The fourth-order valence-electron chi connectivity index (χ4n) is 3.46. The molecule has 0 saturated carbocycles. The number of carbonyl (C=O) groups is 1. The summed E-state index contributed by atoms with van der Waals surface area (Å²) in [5.41, 5.74) is 2.94. The second kappa shape index (κ2) is 7.14. The Balaban J connectivity index is 1.91. The zero-order valence-electron chi connectivity index (χ0n) is 13.4. The summed E-state index contributed by atoms with van der Waals surface area (Å²) in [6.45, 7) is 1.92. The van der Waals surface area contributed by atoms with Crippen LogP contribution >= 0.6 is 23.2 Å². The van der Waals surface area contributed by atoms with Gasteiger partial charge in [-0.25, -0.2) is 0 Å². The van der Waals surface area contributed by atoms with Gasteiger partial charge in [0.2, 0.25) is 5.91 Å². The van der Waals surface area contributed by atoms with Crippen LogP contribution in [0.1, 0.15) is 29.7 Å². The van der Waals surface area contributed by atoms with Gasteiger partial charge in [-0.15, -0.1) is 0 Å². The number of hydrogen-bond donors (Lipinski definition) is 1. The molecule has 2 aromatic rings. The highest BCUT2D eigenvalue weighted by molar-refractivity contribution is 6.36. The van der Waals surface area contributed by atoms with E-state index in [4.69, 9.17) is 23.2 Å². The molecular formula is C19H19Cl2NO2. The first-order chi connectivity index (χ1) is 11.5. The maximum absolute atomic E-state index is 13.0. The van der Waals surface area contributed by atoms with Crippen LogP contribution in [0.2, 0.25) is 10.0 Å². The Morgan fingerprint density at radius 3 is 2.50 bits per heavy atom. The third-order valence-electron chi connectivity index (χ3n) is 4.66. The van der Waals surface area contributed by atoms with E-state index in [-0.39, 0.29) is 31.0 Å². The SMILES string of the molecule is C[C@H]1c2ccccc2C[C@H](CO)N1C(=O)Cc1c(Cl)cccc1Cl. The first-order valence-electron chi connectivity index (χ1n) is 7.95. The number of nitrogens with zero attached hydrogens (tertiary/aromatic N) is 1. The topological polar surface area (TPSA) is 40.5 Å². The Kier molecular flexibility index (Phi) is 5.14. The molecule has 3 nitrogen and oxygen atoms in total. The molecule has 1 amide bonds. The summed E-state index contributed by atoms with van der Waals surface area (Å²) in [5.74, 6) is -0.0777. The van der Waals surface area contributed by atoms with E-state index < -0.39 is 0 Å². The third kappa shape index (κ3) is 3.16. The third-order valence-corrected chi connectivity index (χ3v) is 5.37. The van der Waals surface area contributed by atoms with Crippen LogP contribution in [-0.4, -0.2) is 28.6 Å². The highest BCUT2D eigenvalue weighted by Crippen LogP contribution is 2.34. The second-order valence-electron chi connectivity index (χ2n) is 6.09. The largest absolute Gasteiger partial charge is 0.394 e. The number of fused-ring (bicyclic) bond motifs is 1. The van der Waals surface area contributed by atoms with Gasteiger partial charge in [0.15, 0.2) is 0 Å². The molecule has 1 aliphatic rings. The maximum Gasteiger partial charge on any atom is 0.227 e. The molecule has 2 aromatic carbocycles. The molecule has 1 N–H and O–H groups in total. The molecule has 0 aromatic heterocycles. The molecule has 2 atom stereocenters. The summed E-state index contributed by atoms with van der Waals surface area (Å²) < 4.78 is 0. The van der Waals surface area contributed by atoms with Gasteiger partial charge in [0.05, 0.1) is 25.1 Å². The number of benzene rings is 2. The van der Waals surface area contributed by atoms with Crippen molar-refractivity contribution in [2.75, 3.05) is 6.61 Å².